The molecule has 0 saturated heterocycles. The van der Waals surface area contributed by atoms with E-state index in [4.69, 9.17) is 4.74 Å². The minimum Gasteiger partial charge on any atom is -0.468 e. The lowest BCUT2D eigenvalue weighted by Crippen LogP contribution is -2.57. The predicted octanol–water partition coefficient (Wildman–Crippen LogP) is 2.75. The minimum absolute atomic E-state index is 0.221. The van der Waals surface area contributed by atoms with Gasteiger partial charge in [0.05, 0.1) is 7.11 Å². The zero-order chi connectivity index (χ0) is 15.9. The van der Waals surface area contributed by atoms with Crippen LogP contribution < -0.4 is 10.2 Å². The number of esters is 1. The molecule has 0 bridgehead atoms. The molecule has 118 valence electrons. The van der Waals surface area contributed by atoms with Gasteiger partial charge in [-0.15, -0.1) is 0 Å². The Morgan fingerprint density at radius 2 is 1.90 bits per heavy atom. The highest BCUT2D eigenvalue weighted by Crippen LogP contribution is 2.19. The highest BCUT2D eigenvalue weighted by molar-refractivity contribution is 5.81. The van der Waals surface area contributed by atoms with E-state index in [1.807, 2.05) is 6.92 Å². The SMILES string of the molecule is CCCNC(C)(CN(CC)c1ccc(C)cc1)C(=O)OC. The Hall–Kier alpha value is -1.55. The summed E-state index contributed by atoms with van der Waals surface area (Å²) in [5.41, 5.74) is 1.65. The van der Waals surface area contributed by atoms with Crippen molar-refractivity contribution in [1.29, 1.82) is 0 Å². The Kier molecular flexibility index (Phi) is 6.69. The molecular formula is C17H28N2O2. The van der Waals surface area contributed by atoms with E-state index >= 15 is 0 Å². The van der Waals surface area contributed by atoms with Gasteiger partial charge in [0.15, 0.2) is 0 Å². The maximum absolute atomic E-state index is 12.2. The molecule has 1 N–H and O–H groups in total. The molecule has 0 heterocycles. The Labute approximate surface area is 128 Å². The minimum atomic E-state index is -0.703. The van der Waals surface area contributed by atoms with Crippen LogP contribution in [-0.4, -0.2) is 38.3 Å². The van der Waals surface area contributed by atoms with Crippen molar-refractivity contribution < 1.29 is 9.53 Å². The molecule has 1 aromatic rings. The number of ether oxygens (including phenoxy) is 1. The maximum atomic E-state index is 12.2. The molecule has 1 rings (SSSR count). The van der Waals surface area contributed by atoms with Crippen LogP contribution in [0.4, 0.5) is 5.69 Å². The first-order chi connectivity index (χ1) is 9.96. The number of rotatable bonds is 8. The molecule has 1 unspecified atom stereocenters. The summed E-state index contributed by atoms with van der Waals surface area (Å²) in [6.45, 7) is 10.4. The molecule has 0 fully saturated rings. The first-order valence-electron chi connectivity index (χ1n) is 7.62. The number of nitrogens with one attached hydrogen (secondary N) is 1. The van der Waals surface area contributed by atoms with Crippen LogP contribution in [0.1, 0.15) is 32.8 Å². The van der Waals surface area contributed by atoms with Gasteiger partial charge in [-0.2, -0.15) is 0 Å². The van der Waals surface area contributed by atoms with Crippen LogP contribution in [0.5, 0.6) is 0 Å². The molecule has 4 heteroatoms. The van der Waals surface area contributed by atoms with Crippen molar-refractivity contribution in [3.8, 4) is 0 Å². The number of anilines is 1. The van der Waals surface area contributed by atoms with Gasteiger partial charge in [0, 0.05) is 18.8 Å². The smallest absolute Gasteiger partial charge is 0.327 e. The summed E-state index contributed by atoms with van der Waals surface area (Å²) in [7, 11) is 1.44. The summed E-state index contributed by atoms with van der Waals surface area (Å²) in [5.74, 6) is -0.221. The van der Waals surface area contributed by atoms with Crippen LogP contribution in [-0.2, 0) is 9.53 Å². The van der Waals surface area contributed by atoms with Crippen molar-refractivity contribution in [2.24, 2.45) is 0 Å². The molecule has 21 heavy (non-hydrogen) atoms. The van der Waals surface area contributed by atoms with Gasteiger partial charge < -0.3 is 15.0 Å². The van der Waals surface area contributed by atoms with Crippen molar-refractivity contribution in [3.63, 3.8) is 0 Å². The monoisotopic (exact) mass is 292 g/mol. The topological polar surface area (TPSA) is 41.6 Å². The van der Waals surface area contributed by atoms with Crippen LogP contribution >= 0.6 is 0 Å². The van der Waals surface area contributed by atoms with Gasteiger partial charge in [-0.1, -0.05) is 24.6 Å². The number of carbonyl (C=O) groups is 1. The number of hydrogen-bond acceptors (Lipinski definition) is 4. The molecule has 1 atom stereocenters. The van der Waals surface area contributed by atoms with Crippen LogP contribution in [0.25, 0.3) is 0 Å². The van der Waals surface area contributed by atoms with Crippen LogP contribution in [0.2, 0.25) is 0 Å². The van der Waals surface area contributed by atoms with E-state index in [-0.39, 0.29) is 5.97 Å². The third-order valence-electron chi connectivity index (χ3n) is 3.69. The molecule has 0 amide bonds. The Balaban J connectivity index is 2.92. The number of nitrogens with zero attached hydrogens (tertiary/aromatic N) is 1. The lowest BCUT2D eigenvalue weighted by molar-refractivity contribution is -0.147. The molecule has 0 radical (unpaired) electrons. The number of aryl methyl sites for hydroxylation is 1. The first-order valence-corrected chi connectivity index (χ1v) is 7.62. The van der Waals surface area contributed by atoms with E-state index in [1.165, 1.54) is 12.7 Å². The Bertz CT molecular complexity index is 445. The fourth-order valence-corrected chi connectivity index (χ4v) is 2.34. The second-order valence-corrected chi connectivity index (χ2v) is 5.60. The largest absolute Gasteiger partial charge is 0.468 e. The van der Waals surface area contributed by atoms with Crippen molar-refractivity contribution in [2.75, 3.05) is 31.6 Å². The zero-order valence-corrected chi connectivity index (χ0v) is 13.9. The highest BCUT2D eigenvalue weighted by Gasteiger charge is 2.35. The maximum Gasteiger partial charge on any atom is 0.327 e. The molecule has 0 aliphatic heterocycles. The number of likely N-dealkylation sites (N-methyl/N-ethyl adjacent to an activating group) is 1. The van der Waals surface area contributed by atoms with Crippen LogP contribution in [0.3, 0.4) is 0 Å². The second kappa shape index (κ2) is 8.03. The van der Waals surface area contributed by atoms with E-state index in [0.29, 0.717) is 6.54 Å². The van der Waals surface area contributed by atoms with Crippen molar-refractivity contribution in [3.05, 3.63) is 29.8 Å². The standard InChI is InChI=1S/C17H28N2O2/c1-6-12-18-17(4,16(20)21-5)13-19(7-2)15-10-8-14(3)9-11-15/h8-11,18H,6-7,12-13H2,1-5H3. The number of benzene rings is 1. The molecule has 0 aliphatic rings. The number of hydrogen-bond donors (Lipinski definition) is 1. The van der Waals surface area contributed by atoms with Gasteiger partial charge in [0.25, 0.3) is 0 Å². The van der Waals surface area contributed by atoms with Gasteiger partial charge in [-0.05, 0) is 45.9 Å². The van der Waals surface area contributed by atoms with Gasteiger partial charge in [0.1, 0.15) is 5.54 Å². The number of methoxy groups -OCH3 is 1. The quantitative estimate of drug-likeness (QED) is 0.748. The van der Waals surface area contributed by atoms with E-state index in [9.17, 15) is 4.79 Å². The van der Waals surface area contributed by atoms with Gasteiger partial charge in [-0.3, -0.25) is 0 Å². The molecule has 0 spiro atoms. The van der Waals surface area contributed by atoms with Gasteiger partial charge >= 0.3 is 5.97 Å². The summed E-state index contributed by atoms with van der Waals surface area (Å²) < 4.78 is 4.98. The summed E-state index contributed by atoms with van der Waals surface area (Å²) in [6, 6.07) is 8.37. The Morgan fingerprint density at radius 1 is 1.29 bits per heavy atom. The molecule has 0 aromatic heterocycles. The van der Waals surface area contributed by atoms with Gasteiger partial charge in [0.2, 0.25) is 0 Å². The summed E-state index contributed by atoms with van der Waals surface area (Å²) in [6.07, 6.45) is 0.975. The van der Waals surface area contributed by atoms with Crippen molar-refractivity contribution in [1.82, 2.24) is 5.32 Å². The average molecular weight is 292 g/mol. The Morgan fingerprint density at radius 3 is 2.38 bits per heavy atom. The normalized spacial score (nSPS) is 13.6. The summed E-state index contributed by atoms with van der Waals surface area (Å²) in [5, 5.41) is 3.33. The lowest BCUT2D eigenvalue weighted by Gasteiger charge is -2.35. The van der Waals surface area contributed by atoms with E-state index in [2.05, 4.69) is 55.3 Å². The predicted molar refractivity (Wildman–Crippen MR) is 87.8 cm³/mol. The van der Waals surface area contributed by atoms with Crippen LogP contribution in [0.15, 0.2) is 24.3 Å². The second-order valence-electron chi connectivity index (χ2n) is 5.60. The highest BCUT2D eigenvalue weighted by atomic mass is 16.5. The summed E-state index contributed by atoms with van der Waals surface area (Å²) >= 11 is 0. The fraction of sp³-hybridized carbons (Fsp3) is 0.588. The summed E-state index contributed by atoms with van der Waals surface area (Å²) in [4.78, 5) is 14.4. The average Bonchev–Trinajstić information content (AvgIpc) is 2.50. The van der Waals surface area contributed by atoms with Crippen molar-refractivity contribution in [2.45, 2.75) is 39.7 Å². The molecule has 0 saturated carbocycles. The van der Waals surface area contributed by atoms with Crippen molar-refractivity contribution >= 4 is 11.7 Å². The molecule has 4 nitrogen and oxygen atoms in total. The van der Waals surface area contributed by atoms with E-state index < -0.39 is 5.54 Å². The first kappa shape index (κ1) is 17.5. The fourth-order valence-electron chi connectivity index (χ4n) is 2.34. The lowest BCUT2D eigenvalue weighted by atomic mass is 10.0. The zero-order valence-electron chi connectivity index (χ0n) is 13.9. The number of carbonyl (C=O) groups excluding carboxylic acids is 1. The third kappa shape index (κ3) is 4.74. The third-order valence-corrected chi connectivity index (χ3v) is 3.69. The molecule has 1 aromatic carbocycles. The van der Waals surface area contributed by atoms with Gasteiger partial charge in [-0.25, -0.2) is 4.79 Å². The van der Waals surface area contributed by atoms with E-state index in [0.717, 1.165) is 25.2 Å². The van der Waals surface area contributed by atoms with Crippen LogP contribution in [0, 0.1) is 6.92 Å². The molecular weight excluding hydrogens is 264 g/mol. The van der Waals surface area contributed by atoms with E-state index in [1.54, 1.807) is 0 Å². The molecule has 0 aliphatic carbocycles.